The summed E-state index contributed by atoms with van der Waals surface area (Å²) in [6.07, 6.45) is 3.83. The number of hydrogen-bond donors (Lipinski definition) is 1. The Labute approximate surface area is 150 Å². The van der Waals surface area contributed by atoms with Gasteiger partial charge >= 0.3 is 0 Å². The summed E-state index contributed by atoms with van der Waals surface area (Å²) >= 11 is 3.42. The maximum atomic E-state index is 12.8. The van der Waals surface area contributed by atoms with Gasteiger partial charge < -0.3 is 5.32 Å². The molecule has 0 atom stereocenters. The molecule has 126 valence electrons. The fraction of sp³-hybridized carbons (Fsp3) is 0.278. The van der Waals surface area contributed by atoms with E-state index < -0.39 is 15.3 Å². The lowest BCUT2D eigenvalue weighted by Crippen LogP contribution is -2.46. The fourth-order valence-electron chi connectivity index (χ4n) is 2.98. The first kappa shape index (κ1) is 17.2. The smallest absolute Gasteiger partial charge is 0.235 e. The van der Waals surface area contributed by atoms with Gasteiger partial charge in [0.05, 0.1) is 10.3 Å². The summed E-state index contributed by atoms with van der Waals surface area (Å²) in [4.78, 5) is 13.1. The van der Waals surface area contributed by atoms with Crippen LogP contribution in [0.3, 0.4) is 0 Å². The van der Waals surface area contributed by atoms with Gasteiger partial charge in [0.1, 0.15) is 0 Å². The van der Waals surface area contributed by atoms with Crippen LogP contribution in [0.15, 0.2) is 57.9 Å². The van der Waals surface area contributed by atoms with Gasteiger partial charge in [0.2, 0.25) is 5.91 Å². The Balaban J connectivity index is 1.81. The summed E-state index contributed by atoms with van der Waals surface area (Å²) in [6.45, 7) is 0. The molecule has 0 heterocycles. The van der Waals surface area contributed by atoms with Crippen molar-refractivity contribution in [3.8, 4) is 0 Å². The lowest BCUT2D eigenvalue weighted by molar-refractivity contribution is -0.124. The Hall–Kier alpha value is -1.66. The molecule has 1 aliphatic carbocycles. The second kappa shape index (κ2) is 6.33. The number of sulfone groups is 1. The van der Waals surface area contributed by atoms with Gasteiger partial charge in [-0.25, -0.2) is 8.42 Å². The molecular weight excluding hydrogens is 390 g/mol. The van der Waals surface area contributed by atoms with E-state index in [0.717, 1.165) is 35.6 Å². The first-order valence-corrected chi connectivity index (χ1v) is 10.4. The van der Waals surface area contributed by atoms with Crippen LogP contribution in [-0.2, 0) is 20.0 Å². The lowest BCUT2D eigenvalue weighted by Gasteiger charge is -2.40. The van der Waals surface area contributed by atoms with E-state index in [1.54, 1.807) is 12.1 Å². The van der Waals surface area contributed by atoms with E-state index >= 15 is 0 Å². The Kier molecular flexibility index (Phi) is 4.53. The number of amides is 1. The van der Waals surface area contributed by atoms with Crippen molar-refractivity contribution in [2.75, 3.05) is 11.6 Å². The van der Waals surface area contributed by atoms with Crippen molar-refractivity contribution >= 4 is 37.4 Å². The molecule has 4 nitrogen and oxygen atoms in total. The average Bonchev–Trinajstić information content (AvgIpc) is 2.47. The molecule has 2 aromatic carbocycles. The quantitative estimate of drug-likeness (QED) is 0.835. The van der Waals surface area contributed by atoms with Crippen molar-refractivity contribution in [2.45, 2.75) is 29.6 Å². The molecule has 2 aromatic rings. The van der Waals surface area contributed by atoms with Crippen molar-refractivity contribution in [3.05, 3.63) is 58.6 Å². The van der Waals surface area contributed by atoms with Gasteiger partial charge in [0, 0.05) is 16.4 Å². The summed E-state index contributed by atoms with van der Waals surface area (Å²) in [5.74, 6) is -0.0387. The lowest BCUT2D eigenvalue weighted by atomic mass is 9.64. The molecular formula is C18H18BrNO3S. The third kappa shape index (κ3) is 3.26. The van der Waals surface area contributed by atoms with Gasteiger partial charge in [-0.2, -0.15) is 0 Å². The normalized spacial score (nSPS) is 16.2. The molecule has 0 aromatic heterocycles. The number of carbonyl (C=O) groups excluding carboxylic acids is 1. The van der Waals surface area contributed by atoms with Crippen LogP contribution in [-0.4, -0.2) is 20.6 Å². The minimum Gasteiger partial charge on any atom is -0.325 e. The van der Waals surface area contributed by atoms with Crippen LogP contribution >= 0.6 is 15.9 Å². The van der Waals surface area contributed by atoms with E-state index in [0.29, 0.717) is 5.69 Å². The highest BCUT2D eigenvalue weighted by Gasteiger charge is 2.45. The SMILES string of the molecule is CS(=O)(=O)c1ccc(NC(=O)C2(c3ccc(Br)cc3)CCC2)cc1. The van der Waals surface area contributed by atoms with Crippen LogP contribution in [0.1, 0.15) is 24.8 Å². The third-order valence-corrected chi connectivity index (χ3v) is 6.24. The molecule has 0 bridgehead atoms. The van der Waals surface area contributed by atoms with Gasteiger partial charge in [-0.3, -0.25) is 4.79 Å². The molecule has 6 heteroatoms. The zero-order valence-corrected chi connectivity index (χ0v) is 15.7. The standard InChI is InChI=1S/C18H18BrNO3S/c1-24(22,23)16-9-7-15(8-10-16)20-17(21)18(11-2-12-18)13-3-5-14(19)6-4-13/h3-10H,2,11-12H2,1H3,(H,20,21). The zero-order valence-electron chi connectivity index (χ0n) is 13.3. The van der Waals surface area contributed by atoms with Crippen molar-refractivity contribution in [1.82, 2.24) is 0 Å². The predicted molar refractivity (Wildman–Crippen MR) is 97.9 cm³/mol. The average molecular weight is 408 g/mol. The van der Waals surface area contributed by atoms with Gasteiger partial charge in [0.15, 0.2) is 9.84 Å². The molecule has 1 aliphatic rings. The summed E-state index contributed by atoms with van der Waals surface area (Å²) < 4.78 is 24.0. The molecule has 0 spiro atoms. The van der Waals surface area contributed by atoms with Crippen LogP contribution in [0.4, 0.5) is 5.69 Å². The first-order chi connectivity index (χ1) is 11.3. The summed E-state index contributed by atoms with van der Waals surface area (Å²) in [7, 11) is -3.23. The summed E-state index contributed by atoms with van der Waals surface area (Å²) in [5, 5.41) is 2.93. The molecule has 3 rings (SSSR count). The van der Waals surface area contributed by atoms with E-state index in [9.17, 15) is 13.2 Å². The molecule has 1 N–H and O–H groups in total. The molecule has 0 aliphatic heterocycles. The monoisotopic (exact) mass is 407 g/mol. The van der Waals surface area contributed by atoms with Crippen molar-refractivity contribution in [2.24, 2.45) is 0 Å². The number of benzene rings is 2. The van der Waals surface area contributed by atoms with Crippen molar-refractivity contribution < 1.29 is 13.2 Å². The van der Waals surface area contributed by atoms with E-state index in [1.807, 2.05) is 24.3 Å². The van der Waals surface area contributed by atoms with Crippen molar-refractivity contribution in [1.29, 1.82) is 0 Å². The van der Waals surface area contributed by atoms with E-state index in [1.165, 1.54) is 12.1 Å². The number of halogens is 1. The topological polar surface area (TPSA) is 63.2 Å². The summed E-state index contributed by atoms with van der Waals surface area (Å²) in [6, 6.07) is 14.1. The van der Waals surface area contributed by atoms with Gasteiger partial charge in [-0.15, -0.1) is 0 Å². The Bertz CT molecular complexity index is 854. The highest BCUT2D eigenvalue weighted by Crippen LogP contribution is 2.44. The maximum Gasteiger partial charge on any atom is 0.235 e. The van der Waals surface area contributed by atoms with E-state index in [4.69, 9.17) is 0 Å². The third-order valence-electron chi connectivity index (χ3n) is 4.58. The highest BCUT2D eigenvalue weighted by atomic mass is 79.9. The second-order valence-electron chi connectivity index (χ2n) is 6.19. The zero-order chi connectivity index (χ0) is 17.4. The van der Waals surface area contributed by atoms with Crippen LogP contribution in [0.25, 0.3) is 0 Å². The largest absolute Gasteiger partial charge is 0.325 e. The molecule has 24 heavy (non-hydrogen) atoms. The minimum absolute atomic E-state index is 0.0387. The Morgan fingerprint density at radius 3 is 2.08 bits per heavy atom. The predicted octanol–water partition coefficient (Wildman–Crippen LogP) is 3.91. The molecule has 0 unspecified atom stereocenters. The second-order valence-corrected chi connectivity index (χ2v) is 9.12. The molecule has 0 radical (unpaired) electrons. The fourth-order valence-corrected chi connectivity index (χ4v) is 3.88. The van der Waals surface area contributed by atoms with E-state index in [2.05, 4.69) is 21.2 Å². The number of hydrogen-bond acceptors (Lipinski definition) is 3. The van der Waals surface area contributed by atoms with E-state index in [-0.39, 0.29) is 10.8 Å². The Morgan fingerprint density at radius 1 is 1.04 bits per heavy atom. The van der Waals surface area contributed by atoms with Crippen LogP contribution in [0.5, 0.6) is 0 Å². The number of rotatable bonds is 4. The van der Waals surface area contributed by atoms with Gasteiger partial charge in [-0.05, 0) is 54.8 Å². The van der Waals surface area contributed by atoms with Crippen LogP contribution in [0, 0.1) is 0 Å². The molecule has 1 saturated carbocycles. The maximum absolute atomic E-state index is 12.8. The number of anilines is 1. The molecule has 1 amide bonds. The first-order valence-electron chi connectivity index (χ1n) is 7.69. The molecule has 1 fully saturated rings. The van der Waals surface area contributed by atoms with Crippen molar-refractivity contribution in [3.63, 3.8) is 0 Å². The molecule has 0 saturated heterocycles. The summed E-state index contributed by atoms with van der Waals surface area (Å²) in [5.41, 5.74) is 1.13. The van der Waals surface area contributed by atoms with Crippen LogP contribution in [0.2, 0.25) is 0 Å². The van der Waals surface area contributed by atoms with Crippen LogP contribution < -0.4 is 5.32 Å². The minimum atomic E-state index is -3.23. The number of carbonyl (C=O) groups is 1. The van der Waals surface area contributed by atoms with Gasteiger partial charge in [0.25, 0.3) is 0 Å². The highest BCUT2D eigenvalue weighted by molar-refractivity contribution is 9.10. The number of nitrogens with one attached hydrogen (secondary N) is 1. The van der Waals surface area contributed by atoms with Gasteiger partial charge in [-0.1, -0.05) is 34.5 Å². The Morgan fingerprint density at radius 2 is 1.62 bits per heavy atom.